The third-order valence-electron chi connectivity index (χ3n) is 4.32. The number of morpholine rings is 1. The predicted molar refractivity (Wildman–Crippen MR) is 94.6 cm³/mol. The fourth-order valence-electron chi connectivity index (χ4n) is 2.87. The first kappa shape index (κ1) is 17.4. The van der Waals surface area contributed by atoms with Gasteiger partial charge < -0.3 is 19.9 Å². The minimum atomic E-state index is -0.351. The maximum Gasteiger partial charge on any atom is 0.319 e. The molecule has 25 heavy (non-hydrogen) atoms. The fourth-order valence-corrected chi connectivity index (χ4v) is 2.87. The lowest BCUT2D eigenvalue weighted by Crippen LogP contribution is -2.47. The van der Waals surface area contributed by atoms with Crippen molar-refractivity contribution in [2.75, 3.05) is 38.2 Å². The van der Waals surface area contributed by atoms with Crippen LogP contribution in [0.3, 0.4) is 0 Å². The first-order chi connectivity index (χ1) is 12.1. The number of carbonyl (C=O) groups excluding carboxylic acids is 1. The predicted octanol–water partition coefficient (Wildman–Crippen LogP) is 2.46. The Balaban J connectivity index is 1.59. The molecule has 1 fully saturated rings. The Morgan fingerprint density at radius 1 is 1.28 bits per heavy atom. The van der Waals surface area contributed by atoms with Crippen LogP contribution in [0.15, 0.2) is 42.7 Å². The molecule has 1 unspecified atom stereocenters. The van der Waals surface area contributed by atoms with Crippen LogP contribution in [0.2, 0.25) is 0 Å². The largest absolute Gasteiger partial charge is 0.379 e. The third-order valence-corrected chi connectivity index (χ3v) is 4.32. The van der Waals surface area contributed by atoms with Crippen LogP contribution in [0.1, 0.15) is 6.92 Å². The van der Waals surface area contributed by atoms with E-state index < -0.39 is 0 Å². The zero-order valence-electron chi connectivity index (χ0n) is 14.2. The van der Waals surface area contributed by atoms with Crippen LogP contribution in [0.4, 0.5) is 14.9 Å². The number of urea groups is 1. The molecule has 6 nitrogen and oxygen atoms in total. The highest BCUT2D eigenvalue weighted by atomic mass is 19.1. The van der Waals surface area contributed by atoms with E-state index >= 15 is 0 Å². The Bertz CT molecular complexity index is 699. The average molecular weight is 346 g/mol. The van der Waals surface area contributed by atoms with E-state index in [1.54, 1.807) is 23.0 Å². The maximum absolute atomic E-state index is 13.6. The summed E-state index contributed by atoms with van der Waals surface area (Å²) in [5, 5.41) is 5.68. The average Bonchev–Trinajstić information content (AvgIpc) is 3.16. The van der Waals surface area contributed by atoms with E-state index in [1.165, 1.54) is 12.1 Å². The van der Waals surface area contributed by atoms with Gasteiger partial charge in [-0.3, -0.25) is 4.90 Å². The number of hydrogen-bond donors (Lipinski definition) is 2. The van der Waals surface area contributed by atoms with Crippen molar-refractivity contribution in [2.45, 2.75) is 13.0 Å². The molecule has 1 saturated heterocycles. The fraction of sp³-hybridized carbons (Fsp3) is 0.389. The topological polar surface area (TPSA) is 58.5 Å². The van der Waals surface area contributed by atoms with E-state index in [4.69, 9.17) is 4.74 Å². The van der Waals surface area contributed by atoms with Crippen molar-refractivity contribution in [3.63, 3.8) is 0 Å². The molecule has 134 valence electrons. The Hall–Kier alpha value is -2.38. The molecule has 2 amide bonds. The number of benzene rings is 1. The lowest BCUT2D eigenvalue weighted by molar-refractivity contribution is 0.0209. The van der Waals surface area contributed by atoms with E-state index in [0.717, 1.165) is 26.3 Å². The number of amides is 2. The molecule has 3 rings (SSSR count). The van der Waals surface area contributed by atoms with Crippen LogP contribution in [0.25, 0.3) is 5.69 Å². The van der Waals surface area contributed by atoms with E-state index in [1.807, 2.05) is 12.1 Å². The summed E-state index contributed by atoms with van der Waals surface area (Å²) in [6.07, 6.45) is 3.61. The molecule has 1 aliphatic rings. The molecule has 0 bridgehead atoms. The molecule has 2 aromatic rings. The first-order valence-corrected chi connectivity index (χ1v) is 8.43. The number of anilines is 1. The van der Waals surface area contributed by atoms with Crippen molar-refractivity contribution < 1.29 is 13.9 Å². The monoisotopic (exact) mass is 346 g/mol. The Kier molecular flexibility index (Phi) is 5.67. The van der Waals surface area contributed by atoms with E-state index in [0.29, 0.717) is 17.9 Å². The molecule has 0 aliphatic carbocycles. The minimum absolute atomic E-state index is 0.229. The van der Waals surface area contributed by atoms with Gasteiger partial charge in [-0.05, 0) is 37.3 Å². The number of nitrogens with zero attached hydrogens (tertiary/aromatic N) is 2. The van der Waals surface area contributed by atoms with Gasteiger partial charge in [0.1, 0.15) is 5.82 Å². The van der Waals surface area contributed by atoms with E-state index in [9.17, 15) is 9.18 Å². The quantitative estimate of drug-likeness (QED) is 0.874. The number of aromatic nitrogens is 1. The second-order valence-electron chi connectivity index (χ2n) is 6.08. The van der Waals surface area contributed by atoms with Crippen molar-refractivity contribution in [1.82, 2.24) is 14.8 Å². The van der Waals surface area contributed by atoms with Gasteiger partial charge in [0.2, 0.25) is 0 Å². The SMILES string of the molecule is CC(CNC(=O)Nc1ccc(F)cc1-n1cccc1)N1CCOCC1. The normalized spacial score (nSPS) is 16.4. The van der Waals surface area contributed by atoms with Crippen LogP contribution in [0, 0.1) is 5.82 Å². The highest BCUT2D eigenvalue weighted by Gasteiger charge is 2.17. The molecule has 2 heterocycles. The van der Waals surface area contributed by atoms with Gasteiger partial charge in [-0.15, -0.1) is 0 Å². The molecule has 2 N–H and O–H groups in total. The number of nitrogens with one attached hydrogen (secondary N) is 2. The zero-order valence-corrected chi connectivity index (χ0v) is 14.2. The summed E-state index contributed by atoms with van der Waals surface area (Å²) in [6, 6.07) is 7.91. The molecule has 1 atom stereocenters. The minimum Gasteiger partial charge on any atom is -0.379 e. The van der Waals surface area contributed by atoms with Crippen molar-refractivity contribution in [3.8, 4) is 5.69 Å². The summed E-state index contributed by atoms with van der Waals surface area (Å²) in [6.45, 7) is 5.82. The summed E-state index contributed by atoms with van der Waals surface area (Å²) in [5.74, 6) is -0.351. The van der Waals surface area contributed by atoms with E-state index in [2.05, 4.69) is 22.5 Å². The molecular formula is C18H23FN4O2. The number of halogens is 1. The Morgan fingerprint density at radius 3 is 2.72 bits per heavy atom. The van der Waals surface area contributed by atoms with Crippen LogP contribution in [-0.4, -0.2) is 54.4 Å². The van der Waals surface area contributed by atoms with Gasteiger partial charge in [0.15, 0.2) is 0 Å². The van der Waals surface area contributed by atoms with Gasteiger partial charge in [-0.2, -0.15) is 0 Å². The third kappa shape index (κ3) is 4.58. The highest BCUT2D eigenvalue weighted by Crippen LogP contribution is 2.21. The van der Waals surface area contributed by atoms with Crippen molar-refractivity contribution in [2.24, 2.45) is 0 Å². The lowest BCUT2D eigenvalue weighted by atomic mass is 10.2. The van der Waals surface area contributed by atoms with Gasteiger partial charge in [0.25, 0.3) is 0 Å². The summed E-state index contributed by atoms with van der Waals surface area (Å²) in [5.41, 5.74) is 1.13. The number of carbonyl (C=O) groups is 1. The first-order valence-electron chi connectivity index (χ1n) is 8.43. The molecular weight excluding hydrogens is 323 g/mol. The molecule has 1 aromatic carbocycles. The Labute approximate surface area is 146 Å². The molecule has 0 spiro atoms. The zero-order chi connectivity index (χ0) is 17.6. The van der Waals surface area contributed by atoms with Crippen molar-refractivity contribution in [3.05, 3.63) is 48.5 Å². The van der Waals surface area contributed by atoms with Crippen LogP contribution >= 0.6 is 0 Å². The second-order valence-corrected chi connectivity index (χ2v) is 6.08. The Morgan fingerprint density at radius 2 is 2.00 bits per heavy atom. The van der Waals surface area contributed by atoms with Gasteiger partial charge in [-0.25, -0.2) is 9.18 Å². The highest BCUT2D eigenvalue weighted by molar-refractivity contribution is 5.91. The molecule has 0 radical (unpaired) electrons. The van der Waals surface area contributed by atoms with Crippen LogP contribution in [-0.2, 0) is 4.74 Å². The molecule has 1 aliphatic heterocycles. The molecule has 7 heteroatoms. The van der Waals surface area contributed by atoms with Gasteiger partial charge in [0, 0.05) is 38.1 Å². The van der Waals surface area contributed by atoms with Crippen molar-refractivity contribution >= 4 is 11.7 Å². The number of rotatable bonds is 5. The second kappa shape index (κ2) is 8.13. The summed E-state index contributed by atoms with van der Waals surface area (Å²) in [7, 11) is 0. The summed E-state index contributed by atoms with van der Waals surface area (Å²) < 4.78 is 20.7. The smallest absolute Gasteiger partial charge is 0.319 e. The number of ether oxygens (including phenoxy) is 1. The maximum atomic E-state index is 13.6. The van der Waals surface area contributed by atoms with Crippen LogP contribution in [0.5, 0.6) is 0 Å². The molecule has 0 saturated carbocycles. The molecule has 1 aromatic heterocycles. The van der Waals surface area contributed by atoms with Gasteiger partial charge >= 0.3 is 6.03 Å². The van der Waals surface area contributed by atoms with Crippen molar-refractivity contribution in [1.29, 1.82) is 0 Å². The van der Waals surface area contributed by atoms with Crippen LogP contribution < -0.4 is 10.6 Å². The summed E-state index contributed by atoms with van der Waals surface area (Å²) >= 11 is 0. The van der Waals surface area contributed by atoms with Gasteiger partial charge in [0.05, 0.1) is 24.6 Å². The summed E-state index contributed by atoms with van der Waals surface area (Å²) in [4.78, 5) is 14.5. The standard InChI is InChI=1S/C18H23FN4O2/c1-14(22-8-10-25-11-9-22)13-20-18(24)21-16-5-4-15(19)12-17(16)23-6-2-3-7-23/h2-7,12,14H,8-11,13H2,1H3,(H2,20,21,24). The number of hydrogen-bond acceptors (Lipinski definition) is 3. The van der Waals surface area contributed by atoms with Gasteiger partial charge in [-0.1, -0.05) is 0 Å². The lowest BCUT2D eigenvalue weighted by Gasteiger charge is -2.32. The van der Waals surface area contributed by atoms with E-state index in [-0.39, 0.29) is 17.9 Å².